The van der Waals surface area contributed by atoms with E-state index in [0.717, 1.165) is 0 Å². The maximum absolute atomic E-state index is 12.1. The van der Waals surface area contributed by atoms with Crippen molar-refractivity contribution in [2.24, 2.45) is 7.05 Å². The van der Waals surface area contributed by atoms with Gasteiger partial charge in [0.15, 0.2) is 0 Å². The molecule has 22 heavy (non-hydrogen) atoms. The predicted octanol–water partition coefficient (Wildman–Crippen LogP) is 0.640. The average molecular weight is 303 g/mol. The van der Waals surface area contributed by atoms with Gasteiger partial charge in [0.25, 0.3) is 5.91 Å². The van der Waals surface area contributed by atoms with Gasteiger partial charge in [0, 0.05) is 19.7 Å². The molecule has 2 aromatic rings. The molecule has 0 saturated heterocycles. The fourth-order valence-corrected chi connectivity index (χ4v) is 2.01. The quantitative estimate of drug-likeness (QED) is 0.791. The maximum atomic E-state index is 12.1. The number of esters is 1. The van der Waals surface area contributed by atoms with Gasteiger partial charge >= 0.3 is 5.97 Å². The predicted molar refractivity (Wildman–Crippen MR) is 78.3 cm³/mol. The first-order valence-corrected chi connectivity index (χ1v) is 6.66. The molecule has 2 N–H and O–H groups in total. The lowest BCUT2D eigenvalue weighted by atomic mass is 10.0. The van der Waals surface area contributed by atoms with Crippen LogP contribution >= 0.6 is 0 Å². The molecule has 1 unspecified atom stereocenters. The summed E-state index contributed by atoms with van der Waals surface area (Å²) >= 11 is 0. The van der Waals surface area contributed by atoms with Crippen LogP contribution in [0.15, 0.2) is 36.5 Å². The number of methoxy groups -OCH3 is 1. The topological polar surface area (TPSA) is 93.5 Å². The number of benzene rings is 1. The van der Waals surface area contributed by atoms with Crippen molar-refractivity contribution in [1.82, 2.24) is 15.1 Å². The number of nitrogens with one attached hydrogen (secondary N) is 1. The van der Waals surface area contributed by atoms with E-state index in [2.05, 4.69) is 10.4 Å². The summed E-state index contributed by atoms with van der Waals surface area (Å²) in [6.45, 7) is 0. The van der Waals surface area contributed by atoms with Crippen LogP contribution in [0.3, 0.4) is 0 Å². The molecule has 0 radical (unpaired) electrons. The lowest BCUT2D eigenvalue weighted by molar-refractivity contribution is -0.142. The molecule has 1 amide bonds. The highest BCUT2D eigenvalue weighted by Gasteiger charge is 2.24. The Morgan fingerprint density at radius 3 is 2.68 bits per heavy atom. The molecular formula is C15H17N3O4. The van der Waals surface area contributed by atoms with E-state index < -0.39 is 17.9 Å². The third-order valence-corrected chi connectivity index (χ3v) is 3.15. The summed E-state index contributed by atoms with van der Waals surface area (Å²) in [4.78, 5) is 24.0. The molecule has 1 atom stereocenters. The summed E-state index contributed by atoms with van der Waals surface area (Å²) in [7, 11) is 2.93. The normalized spacial score (nSPS) is 11.7. The smallest absolute Gasteiger partial charge is 0.328 e. The number of carbonyl (C=O) groups is 2. The zero-order chi connectivity index (χ0) is 16.1. The van der Waals surface area contributed by atoms with E-state index in [4.69, 9.17) is 4.74 Å². The molecule has 0 aliphatic carbocycles. The number of phenols is 1. The number of aromatic nitrogens is 2. The van der Waals surface area contributed by atoms with Gasteiger partial charge < -0.3 is 15.2 Å². The molecule has 0 spiro atoms. The monoisotopic (exact) mass is 303 g/mol. The van der Waals surface area contributed by atoms with Crippen molar-refractivity contribution >= 4 is 11.9 Å². The first-order chi connectivity index (χ1) is 10.5. The van der Waals surface area contributed by atoms with Gasteiger partial charge in [-0.1, -0.05) is 18.2 Å². The molecule has 7 heteroatoms. The Bertz CT molecular complexity index is 681. The molecule has 2 rings (SSSR count). The van der Waals surface area contributed by atoms with Gasteiger partial charge in [0.1, 0.15) is 17.5 Å². The van der Waals surface area contributed by atoms with Gasteiger partial charge in [-0.05, 0) is 17.7 Å². The van der Waals surface area contributed by atoms with E-state index in [9.17, 15) is 14.7 Å². The minimum absolute atomic E-state index is 0.0588. The van der Waals surface area contributed by atoms with Crippen LogP contribution in [0.5, 0.6) is 5.75 Å². The Hall–Kier alpha value is -2.83. The molecule has 1 aromatic carbocycles. The van der Waals surface area contributed by atoms with Crippen molar-refractivity contribution < 1.29 is 19.4 Å². The number of hydrogen-bond acceptors (Lipinski definition) is 5. The summed E-state index contributed by atoms with van der Waals surface area (Å²) in [5.41, 5.74) is 0.743. The van der Waals surface area contributed by atoms with Gasteiger partial charge in [-0.3, -0.25) is 9.48 Å². The molecular weight excluding hydrogens is 286 g/mol. The Morgan fingerprint density at radius 1 is 1.36 bits per heavy atom. The average Bonchev–Trinajstić information content (AvgIpc) is 2.94. The lowest BCUT2D eigenvalue weighted by Crippen LogP contribution is -2.43. The SMILES string of the molecule is COC(=O)C(Cc1ccccc1O)NC(=O)c1ccn(C)n1. The number of carbonyl (C=O) groups excluding carboxylic acids is 2. The highest BCUT2D eigenvalue weighted by Crippen LogP contribution is 2.18. The first kappa shape index (κ1) is 15.6. The summed E-state index contributed by atoms with van der Waals surface area (Å²) < 4.78 is 6.20. The third-order valence-electron chi connectivity index (χ3n) is 3.15. The third kappa shape index (κ3) is 3.63. The fraction of sp³-hybridized carbons (Fsp3) is 0.267. The van der Waals surface area contributed by atoms with E-state index in [1.54, 1.807) is 37.5 Å². The van der Waals surface area contributed by atoms with Crippen LogP contribution in [-0.4, -0.2) is 39.9 Å². The molecule has 0 aliphatic heterocycles. The van der Waals surface area contributed by atoms with Crippen LogP contribution in [0.4, 0.5) is 0 Å². The number of nitrogens with zero attached hydrogens (tertiary/aromatic N) is 2. The molecule has 0 bridgehead atoms. The van der Waals surface area contributed by atoms with Gasteiger partial charge in [-0.25, -0.2) is 4.79 Å². The molecule has 0 aliphatic rings. The number of amides is 1. The Kier molecular flexibility index (Phi) is 4.77. The summed E-state index contributed by atoms with van der Waals surface area (Å²) in [5.74, 6) is -1.01. The molecule has 1 aromatic heterocycles. The Balaban J connectivity index is 2.15. The molecule has 0 fully saturated rings. The number of aromatic hydroxyl groups is 1. The van der Waals surface area contributed by atoms with Crippen LogP contribution < -0.4 is 5.32 Å². The molecule has 7 nitrogen and oxygen atoms in total. The summed E-state index contributed by atoms with van der Waals surface area (Å²) in [6.07, 6.45) is 1.75. The van der Waals surface area contributed by atoms with Crippen LogP contribution in [0.25, 0.3) is 0 Å². The number of aryl methyl sites for hydroxylation is 1. The minimum atomic E-state index is -0.909. The van der Waals surface area contributed by atoms with Gasteiger partial charge in [-0.2, -0.15) is 5.10 Å². The first-order valence-electron chi connectivity index (χ1n) is 6.66. The largest absolute Gasteiger partial charge is 0.508 e. The standard InChI is InChI=1S/C15H17N3O4/c1-18-8-7-11(17-18)14(20)16-12(15(21)22-2)9-10-5-3-4-6-13(10)19/h3-8,12,19H,9H2,1-2H3,(H,16,20). The number of para-hydroxylation sites is 1. The zero-order valence-corrected chi connectivity index (χ0v) is 12.3. The van der Waals surface area contributed by atoms with Crippen LogP contribution in [0.1, 0.15) is 16.1 Å². The van der Waals surface area contributed by atoms with E-state index in [-0.39, 0.29) is 17.9 Å². The van der Waals surface area contributed by atoms with Crippen LogP contribution in [-0.2, 0) is 23.0 Å². The highest BCUT2D eigenvalue weighted by atomic mass is 16.5. The lowest BCUT2D eigenvalue weighted by Gasteiger charge is -2.16. The molecule has 116 valence electrons. The zero-order valence-electron chi connectivity index (χ0n) is 12.3. The Morgan fingerprint density at radius 2 is 2.09 bits per heavy atom. The molecule has 0 saturated carbocycles. The van der Waals surface area contributed by atoms with Crippen molar-refractivity contribution in [1.29, 1.82) is 0 Å². The minimum Gasteiger partial charge on any atom is -0.508 e. The van der Waals surface area contributed by atoms with E-state index in [1.807, 2.05) is 0 Å². The number of phenolic OH excluding ortho intramolecular Hbond substituents is 1. The maximum Gasteiger partial charge on any atom is 0.328 e. The summed E-state index contributed by atoms with van der Waals surface area (Å²) in [6, 6.07) is 7.25. The van der Waals surface area contributed by atoms with Crippen molar-refractivity contribution in [3.8, 4) is 5.75 Å². The van der Waals surface area contributed by atoms with Gasteiger partial charge in [0.05, 0.1) is 7.11 Å². The van der Waals surface area contributed by atoms with Crippen molar-refractivity contribution in [3.05, 3.63) is 47.8 Å². The van der Waals surface area contributed by atoms with Crippen molar-refractivity contribution in [3.63, 3.8) is 0 Å². The molecule has 1 heterocycles. The number of ether oxygens (including phenoxy) is 1. The number of hydrogen-bond donors (Lipinski definition) is 2. The van der Waals surface area contributed by atoms with E-state index >= 15 is 0 Å². The fourth-order valence-electron chi connectivity index (χ4n) is 2.01. The van der Waals surface area contributed by atoms with Crippen LogP contribution in [0, 0.1) is 0 Å². The van der Waals surface area contributed by atoms with E-state index in [1.165, 1.54) is 17.9 Å². The van der Waals surface area contributed by atoms with Gasteiger partial charge in [-0.15, -0.1) is 0 Å². The second-order valence-corrected chi connectivity index (χ2v) is 4.76. The van der Waals surface area contributed by atoms with Gasteiger partial charge in [0.2, 0.25) is 0 Å². The van der Waals surface area contributed by atoms with Crippen molar-refractivity contribution in [2.45, 2.75) is 12.5 Å². The highest BCUT2D eigenvalue weighted by molar-refractivity contribution is 5.95. The van der Waals surface area contributed by atoms with Crippen LogP contribution in [0.2, 0.25) is 0 Å². The second-order valence-electron chi connectivity index (χ2n) is 4.76. The van der Waals surface area contributed by atoms with E-state index in [0.29, 0.717) is 5.56 Å². The summed E-state index contributed by atoms with van der Waals surface area (Å²) in [5, 5.41) is 16.3. The number of rotatable bonds is 5. The Labute approximate surface area is 127 Å². The van der Waals surface area contributed by atoms with Crippen molar-refractivity contribution in [2.75, 3.05) is 7.11 Å². The second kappa shape index (κ2) is 6.75.